The quantitative estimate of drug-likeness (QED) is 0.648. The number of hydrogen-bond donors (Lipinski definition) is 1. The standard InChI is InChI=1S/C13H12N4O4S3/c1-21-13(18)12-11(3-5-23-12)24(19,20)14-6-9-7-17(16-15-9)10-2-4-22-8-10/h2-5,7-8,14H,6H2,1H3. The number of sulfonamides is 1. The van der Waals surface area contributed by atoms with Crippen LogP contribution in [0.3, 0.4) is 0 Å². The van der Waals surface area contributed by atoms with Gasteiger partial charge in [-0.1, -0.05) is 5.21 Å². The van der Waals surface area contributed by atoms with Gasteiger partial charge in [-0.3, -0.25) is 0 Å². The molecule has 3 aromatic heterocycles. The SMILES string of the molecule is COC(=O)c1sccc1S(=O)(=O)NCc1cn(-c2ccsc2)nn1. The van der Waals surface area contributed by atoms with E-state index in [0.29, 0.717) is 5.69 Å². The van der Waals surface area contributed by atoms with Gasteiger partial charge in [0, 0.05) is 5.38 Å². The molecule has 0 saturated heterocycles. The lowest BCUT2D eigenvalue weighted by Crippen LogP contribution is -2.24. The van der Waals surface area contributed by atoms with Crippen molar-refractivity contribution in [3.05, 3.63) is 45.0 Å². The summed E-state index contributed by atoms with van der Waals surface area (Å²) < 4.78 is 33.3. The minimum absolute atomic E-state index is 0.0342. The van der Waals surface area contributed by atoms with Crippen LogP contribution in [0.2, 0.25) is 0 Å². The van der Waals surface area contributed by atoms with Crippen molar-refractivity contribution in [2.45, 2.75) is 11.4 Å². The van der Waals surface area contributed by atoms with E-state index in [2.05, 4.69) is 19.8 Å². The zero-order valence-corrected chi connectivity index (χ0v) is 14.8. The highest BCUT2D eigenvalue weighted by atomic mass is 32.2. The number of hydrogen-bond acceptors (Lipinski definition) is 8. The molecule has 1 N–H and O–H groups in total. The Labute approximate surface area is 145 Å². The number of carbonyl (C=O) groups is 1. The van der Waals surface area contributed by atoms with Crippen molar-refractivity contribution in [3.63, 3.8) is 0 Å². The van der Waals surface area contributed by atoms with Gasteiger partial charge in [0.05, 0.1) is 31.2 Å². The molecule has 0 amide bonds. The molecule has 0 radical (unpaired) electrons. The highest BCUT2D eigenvalue weighted by molar-refractivity contribution is 7.89. The number of methoxy groups -OCH3 is 1. The Morgan fingerprint density at radius 1 is 1.38 bits per heavy atom. The van der Waals surface area contributed by atoms with Gasteiger partial charge in [-0.2, -0.15) is 11.3 Å². The van der Waals surface area contributed by atoms with Crippen molar-refractivity contribution in [1.29, 1.82) is 0 Å². The van der Waals surface area contributed by atoms with Gasteiger partial charge < -0.3 is 4.74 Å². The van der Waals surface area contributed by atoms with Gasteiger partial charge in [-0.15, -0.1) is 16.4 Å². The van der Waals surface area contributed by atoms with Crippen molar-refractivity contribution in [2.75, 3.05) is 7.11 Å². The van der Waals surface area contributed by atoms with E-state index in [0.717, 1.165) is 17.0 Å². The third kappa shape index (κ3) is 3.38. The molecule has 0 atom stereocenters. The van der Waals surface area contributed by atoms with Crippen LogP contribution >= 0.6 is 22.7 Å². The smallest absolute Gasteiger partial charge is 0.349 e. The number of thiophene rings is 2. The molecule has 24 heavy (non-hydrogen) atoms. The lowest BCUT2D eigenvalue weighted by atomic mass is 10.5. The number of aromatic nitrogens is 3. The number of carbonyl (C=O) groups excluding carboxylic acids is 1. The summed E-state index contributed by atoms with van der Waals surface area (Å²) in [4.78, 5) is 11.5. The summed E-state index contributed by atoms with van der Waals surface area (Å²) >= 11 is 2.53. The highest BCUT2D eigenvalue weighted by Gasteiger charge is 2.24. The van der Waals surface area contributed by atoms with Crippen LogP contribution in [0.5, 0.6) is 0 Å². The summed E-state index contributed by atoms with van der Waals surface area (Å²) in [5.74, 6) is -0.686. The van der Waals surface area contributed by atoms with Crippen LogP contribution in [0.1, 0.15) is 15.4 Å². The van der Waals surface area contributed by atoms with E-state index in [9.17, 15) is 13.2 Å². The average Bonchev–Trinajstić information content (AvgIpc) is 3.32. The maximum absolute atomic E-state index is 12.4. The average molecular weight is 384 g/mol. The van der Waals surface area contributed by atoms with E-state index in [1.807, 2.05) is 16.8 Å². The van der Waals surface area contributed by atoms with Gasteiger partial charge in [-0.05, 0) is 22.9 Å². The second-order valence-electron chi connectivity index (χ2n) is 4.57. The van der Waals surface area contributed by atoms with Gasteiger partial charge in [-0.25, -0.2) is 22.6 Å². The van der Waals surface area contributed by atoms with E-state index in [-0.39, 0.29) is 16.3 Å². The topological polar surface area (TPSA) is 103 Å². The van der Waals surface area contributed by atoms with Crippen LogP contribution in [0, 0.1) is 0 Å². The molecule has 3 heterocycles. The molecule has 126 valence electrons. The minimum Gasteiger partial charge on any atom is -0.465 e. The van der Waals surface area contributed by atoms with Crippen LogP contribution in [0.25, 0.3) is 5.69 Å². The first-order valence-electron chi connectivity index (χ1n) is 6.60. The number of nitrogens with one attached hydrogen (secondary N) is 1. The lowest BCUT2D eigenvalue weighted by Gasteiger charge is -2.05. The Balaban J connectivity index is 1.74. The van der Waals surface area contributed by atoms with Crippen LogP contribution in [-0.2, 0) is 21.3 Å². The van der Waals surface area contributed by atoms with Crippen molar-refractivity contribution in [3.8, 4) is 5.69 Å². The normalized spacial score (nSPS) is 11.5. The fourth-order valence-electron chi connectivity index (χ4n) is 1.89. The van der Waals surface area contributed by atoms with Gasteiger partial charge in [0.15, 0.2) is 0 Å². The largest absolute Gasteiger partial charge is 0.465 e. The maximum Gasteiger partial charge on any atom is 0.349 e. The van der Waals surface area contributed by atoms with Crippen LogP contribution in [-0.4, -0.2) is 36.5 Å². The van der Waals surface area contributed by atoms with E-state index in [1.54, 1.807) is 10.9 Å². The molecule has 3 aromatic rings. The predicted octanol–water partition coefficient (Wildman–Crippen LogP) is 1.66. The Kier molecular flexibility index (Phi) is 4.76. The third-order valence-electron chi connectivity index (χ3n) is 3.04. The predicted molar refractivity (Wildman–Crippen MR) is 88.9 cm³/mol. The van der Waals surface area contributed by atoms with Crippen molar-refractivity contribution < 1.29 is 17.9 Å². The maximum atomic E-state index is 12.4. The molecule has 0 unspecified atom stereocenters. The third-order valence-corrected chi connectivity index (χ3v) is 6.18. The second-order valence-corrected chi connectivity index (χ2v) is 8.00. The van der Waals surface area contributed by atoms with Crippen molar-refractivity contribution >= 4 is 38.7 Å². The molecule has 0 aliphatic rings. The van der Waals surface area contributed by atoms with E-state index >= 15 is 0 Å². The summed E-state index contributed by atoms with van der Waals surface area (Å²) in [5, 5.41) is 13.2. The van der Waals surface area contributed by atoms with Gasteiger partial charge in [0.1, 0.15) is 9.77 Å². The Bertz CT molecular complexity index is 944. The molecule has 0 bridgehead atoms. The summed E-state index contributed by atoms with van der Waals surface area (Å²) in [7, 11) is -2.66. The summed E-state index contributed by atoms with van der Waals surface area (Å²) in [6.07, 6.45) is 1.64. The van der Waals surface area contributed by atoms with Crippen LogP contribution in [0.15, 0.2) is 39.4 Å². The fourth-order valence-corrected chi connectivity index (χ4v) is 4.84. The van der Waals surface area contributed by atoms with Gasteiger partial charge in [0.2, 0.25) is 10.0 Å². The zero-order chi connectivity index (χ0) is 17.2. The van der Waals surface area contributed by atoms with E-state index < -0.39 is 16.0 Å². The Morgan fingerprint density at radius 2 is 2.21 bits per heavy atom. The molecule has 0 aliphatic carbocycles. The van der Waals surface area contributed by atoms with Crippen molar-refractivity contribution in [1.82, 2.24) is 19.7 Å². The molecule has 3 rings (SSSR count). The molecular formula is C13H12N4O4S3. The van der Waals surface area contributed by atoms with Crippen LogP contribution < -0.4 is 4.72 Å². The number of ether oxygens (including phenoxy) is 1. The number of nitrogens with zero attached hydrogens (tertiary/aromatic N) is 3. The molecule has 8 nitrogen and oxygen atoms in total. The van der Waals surface area contributed by atoms with Gasteiger partial charge in [0.25, 0.3) is 0 Å². The van der Waals surface area contributed by atoms with Gasteiger partial charge >= 0.3 is 5.97 Å². The minimum atomic E-state index is -3.86. The van der Waals surface area contributed by atoms with E-state index in [1.165, 1.54) is 29.9 Å². The molecule has 0 aromatic carbocycles. The van der Waals surface area contributed by atoms with Crippen LogP contribution in [0.4, 0.5) is 0 Å². The molecule has 0 spiro atoms. The summed E-state index contributed by atoms with van der Waals surface area (Å²) in [5.41, 5.74) is 1.31. The molecule has 11 heteroatoms. The zero-order valence-electron chi connectivity index (χ0n) is 12.4. The number of rotatable bonds is 6. The van der Waals surface area contributed by atoms with E-state index in [4.69, 9.17) is 0 Å². The first-order valence-corrected chi connectivity index (χ1v) is 9.91. The first kappa shape index (κ1) is 16.8. The van der Waals surface area contributed by atoms with Crippen molar-refractivity contribution in [2.24, 2.45) is 0 Å². The second kappa shape index (κ2) is 6.81. The monoisotopic (exact) mass is 384 g/mol. The fraction of sp³-hybridized carbons (Fsp3) is 0.154. The summed E-state index contributed by atoms with van der Waals surface area (Å²) in [6.45, 7) is -0.0388. The Morgan fingerprint density at radius 3 is 2.92 bits per heavy atom. The lowest BCUT2D eigenvalue weighted by molar-refractivity contribution is 0.0602. The molecular weight excluding hydrogens is 372 g/mol. The molecule has 0 fully saturated rings. The Hall–Kier alpha value is -2.08. The first-order chi connectivity index (χ1) is 11.5. The molecule has 0 aliphatic heterocycles. The number of esters is 1. The summed E-state index contributed by atoms with van der Waals surface area (Å²) in [6, 6.07) is 3.24. The highest BCUT2D eigenvalue weighted by Crippen LogP contribution is 2.22. The molecule has 0 saturated carbocycles.